The minimum atomic E-state index is -3.69. The molecule has 0 saturated heterocycles. The molecule has 2 aromatic carbocycles. The lowest BCUT2D eigenvalue weighted by molar-refractivity contribution is -0.117. The van der Waals surface area contributed by atoms with E-state index >= 15 is 0 Å². The monoisotopic (exact) mass is 369 g/mol. The molecule has 1 atom stereocenters. The van der Waals surface area contributed by atoms with E-state index in [9.17, 15) is 13.2 Å². The molecule has 3 rings (SSSR count). The lowest BCUT2D eigenvalue weighted by Crippen LogP contribution is -2.26. The number of amides is 1. The minimum absolute atomic E-state index is 0.0346. The molecule has 0 aliphatic heterocycles. The van der Waals surface area contributed by atoms with Crippen LogP contribution in [0.15, 0.2) is 53.4 Å². The van der Waals surface area contributed by atoms with Gasteiger partial charge in [-0.2, -0.15) is 5.26 Å². The molecule has 0 bridgehead atoms. The first-order valence-corrected chi connectivity index (χ1v) is 9.81. The van der Waals surface area contributed by atoms with E-state index in [1.807, 2.05) is 6.07 Å². The molecule has 6 nitrogen and oxygen atoms in total. The van der Waals surface area contributed by atoms with Crippen molar-refractivity contribution in [2.24, 2.45) is 5.92 Å². The summed E-state index contributed by atoms with van der Waals surface area (Å²) < 4.78 is 27.5. The van der Waals surface area contributed by atoms with Crippen LogP contribution in [0.25, 0.3) is 0 Å². The number of benzene rings is 2. The number of sulfonamides is 1. The van der Waals surface area contributed by atoms with Crippen LogP contribution in [-0.4, -0.2) is 14.3 Å². The van der Waals surface area contributed by atoms with Gasteiger partial charge in [0.2, 0.25) is 15.9 Å². The van der Waals surface area contributed by atoms with E-state index in [1.165, 1.54) is 24.3 Å². The highest BCUT2D eigenvalue weighted by atomic mass is 32.2. The molecule has 2 aromatic rings. The summed E-state index contributed by atoms with van der Waals surface area (Å²) in [5.41, 5.74) is 1.89. The third kappa shape index (κ3) is 4.28. The highest BCUT2D eigenvalue weighted by molar-refractivity contribution is 7.89. The summed E-state index contributed by atoms with van der Waals surface area (Å²) in [6.07, 6.45) is 1.89. The fourth-order valence-corrected chi connectivity index (χ4v) is 3.75. The Labute approximate surface area is 152 Å². The van der Waals surface area contributed by atoms with Crippen LogP contribution in [0.2, 0.25) is 0 Å². The highest BCUT2D eigenvalue weighted by Gasteiger charge is 2.29. The van der Waals surface area contributed by atoms with E-state index in [1.54, 1.807) is 31.2 Å². The number of nitrogens with one attached hydrogen (secondary N) is 2. The summed E-state index contributed by atoms with van der Waals surface area (Å²) >= 11 is 0. The molecule has 0 radical (unpaired) electrons. The quantitative estimate of drug-likeness (QED) is 0.818. The maximum Gasteiger partial charge on any atom is 0.241 e. The van der Waals surface area contributed by atoms with Crippen LogP contribution in [-0.2, 0) is 14.8 Å². The number of carbonyl (C=O) groups is 1. The number of anilines is 1. The van der Waals surface area contributed by atoms with Crippen molar-refractivity contribution >= 4 is 21.6 Å². The number of carbonyl (C=O) groups excluding carboxylic acids is 1. The largest absolute Gasteiger partial charge is 0.326 e. The molecule has 1 aliphatic carbocycles. The number of nitriles is 1. The van der Waals surface area contributed by atoms with Crippen molar-refractivity contribution in [1.29, 1.82) is 5.26 Å². The Hall–Kier alpha value is -2.69. The Bertz CT molecular complexity index is 941. The van der Waals surface area contributed by atoms with Crippen LogP contribution in [0.3, 0.4) is 0 Å². The van der Waals surface area contributed by atoms with Gasteiger partial charge in [0.25, 0.3) is 0 Å². The summed E-state index contributed by atoms with van der Waals surface area (Å²) in [7, 11) is -3.69. The summed E-state index contributed by atoms with van der Waals surface area (Å²) in [5, 5.41) is 11.6. The average Bonchev–Trinajstić information content (AvgIpc) is 3.47. The third-order valence-corrected chi connectivity index (χ3v) is 5.81. The van der Waals surface area contributed by atoms with Gasteiger partial charge in [-0.05, 0) is 61.7 Å². The molecule has 1 aliphatic rings. The van der Waals surface area contributed by atoms with E-state index in [2.05, 4.69) is 10.0 Å². The topological polar surface area (TPSA) is 99.1 Å². The van der Waals surface area contributed by atoms with Crippen LogP contribution in [0.5, 0.6) is 0 Å². The molecule has 1 fully saturated rings. The predicted molar refractivity (Wildman–Crippen MR) is 97.7 cm³/mol. The molecule has 0 heterocycles. The van der Waals surface area contributed by atoms with Gasteiger partial charge < -0.3 is 5.32 Å². The fourth-order valence-electron chi connectivity index (χ4n) is 2.52. The van der Waals surface area contributed by atoms with Crippen LogP contribution < -0.4 is 10.0 Å². The average molecular weight is 369 g/mol. The first-order chi connectivity index (χ1) is 12.4. The normalized spacial score (nSPS) is 15.1. The van der Waals surface area contributed by atoms with E-state index in [4.69, 9.17) is 5.26 Å². The third-order valence-electron chi connectivity index (χ3n) is 4.25. The second kappa shape index (κ2) is 7.28. The zero-order valence-electron chi connectivity index (χ0n) is 14.3. The molecule has 7 heteroatoms. The maximum absolute atomic E-state index is 12.5. The Morgan fingerprint density at radius 1 is 1.12 bits per heavy atom. The number of nitrogens with zero attached hydrogens (tertiary/aromatic N) is 1. The SMILES string of the molecule is C[C@H](NS(=O)(=O)c1ccc(C#N)cc1)c1ccc(NC(=O)C2CC2)cc1. The molecule has 0 spiro atoms. The first kappa shape index (κ1) is 18.1. The van der Waals surface area contributed by atoms with Crippen molar-refractivity contribution in [3.63, 3.8) is 0 Å². The molecule has 0 unspecified atom stereocenters. The Balaban J connectivity index is 1.67. The lowest BCUT2D eigenvalue weighted by Gasteiger charge is -2.15. The lowest BCUT2D eigenvalue weighted by atomic mass is 10.1. The van der Waals surface area contributed by atoms with Gasteiger partial charge in [-0.1, -0.05) is 12.1 Å². The van der Waals surface area contributed by atoms with Gasteiger partial charge in [-0.25, -0.2) is 13.1 Å². The molecule has 2 N–H and O–H groups in total. The van der Waals surface area contributed by atoms with E-state index in [0.717, 1.165) is 18.4 Å². The van der Waals surface area contributed by atoms with E-state index in [-0.39, 0.29) is 16.7 Å². The van der Waals surface area contributed by atoms with Gasteiger partial charge in [0.05, 0.1) is 16.5 Å². The van der Waals surface area contributed by atoms with Crippen molar-refractivity contribution in [2.45, 2.75) is 30.7 Å². The molecular weight excluding hydrogens is 350 g/mol. The predicted octanol–water partition coefficient (Wildman–Crippen LogP) is 2.95. The van der Waals surface area contributed by atoms with Crippen LogP contribution in [0, 0.1) is 17.2 Å². The van der Waals surface area contributed by atoms with Crippen LogP contribution >= 0.6 is 0 Å². The standard InChI is InChI=1S/C19H19N3O3S/c1-13(22-26(24,25)18-10-2-14(12-20)3-11-18)15-6-8-17(9-7-15)21-19(23)16-4-5-16/h2-3,6-11,13,16,22H,4-5H2,1H3,(H,21,23)/t13-/m0/s1. The Kier molecular flexibility index (Phi) is 5.07. The fraction of sp³-hybridized carbons (Fsp3) is 0.263. The maximum atomic E-state index is 12.5. The van der Waals surface area contributed by atoms with Crippen molar-refractivity contribution in [2.75, 3.05) is 5.32 Å². The van der Waals surface area contributed by atoms with Gasteiger partial charge in [-0.15, -0.1) is 0 Å². The van der Waals surface area contributed by atoms with Crippen molar-refractivity contribution in [3.8, 4) is 6.07 Å². The Morgan fingerprint density at radius 3 is 2.27 bits per heavy atom. The molecule has 134 valence electrons. The molecule has 26 heavy (non-hydrogen) atoms. The highest BCUT2D eigenvalue weighted by Crippen LogP contribution is 2.30. The molecule has 1 saturated carbocycles. The van der Waals surface area contributed by atoms with Crippen molar-refractivity contribution in [1.82, 2.24) is 4.72 Å². The van der Waals surface area contributed by atoms with Gasteiger partial charge >= 0.3 is 0 Å². The molecule has 0 aromatic heterocycles. The second-order valence-corrected chi connectivity index (χ2v) is 8.08. The van der Waals surface area contributed by atoms with E-state index < -0.39 is 16.1 Å². The van der Waals surface area contributed by atoms with Gasteiger partial charge in [-0.3, -0.25) is 4.79 Å². The number of hydrogen-bond donors (Lipinski definition) is 2. The zero-order valence-corrected chi connectivity index (χ0v) is 15.1. The zero-order chi connectivity index (χ0) is 18.7. The van der Waals surface area contributed by atoms with Crippen molar-refractivity contribution < 1.29 is 13.2 Å². The van der Waals surface area contributed by atoms with E-state index in [0.29, 0.717) is 11.3 Å². The first-order valence-electron chi connectivity index (χ1n) is 8.32. The summed E-state index contributed by atoms with van der Waals surface area (Å²) in [5.74, 6) is 0.167. The molecular formula is C19H19N3O3S. The van der Waals surface area contributed by atoms with Gasteiger partial charge in [0.15, 0.2) is 0 Å². The number of hydrogen-bond acceptors (Lipinski definition) is 4. The van der Waals surface area contributed by atoms with Crippen LogP contribution in [0.4, 0.5) is 5.69 Å². The van der Waals surface area contributed by atoms with Gasteiger partial charge in [0, 0.05) is 17.6 Å². The summed E-state index contributed by atoms with van der Waals surface area (Å²) in [4.78, 5) is 11.9. The smallest absolute Gasteiger partial charge is 0.241 e. The van der Waals surface area contributed by atoms with Crippen molar-refractivity contribution in [3.05, 3.63) is 59.7 Å². The Morgan fingerprint density at radius 2 is 1.73 bits per heavy atom. The van der Waals surface area contributed by atoms with Gasteiger partial charge in [0.1, 0.15) is 0 Å². The summed E-state index contributed by atoms with van der Waals surface area (Å²) in [6.45, 7) is 1.75. The molecule has 1 amide bonds. The van der Waals surface area contributed by atoms with Crippen LogP contribution in [0.1, 0.15) is 36.9 Å². The summed E-state index contributed by atoms with van der Waals surface area (Å²) in [6, 6.07) is 14.4. The number of rotatable bonds is 6. The second-order valence-electron chi connectivity index (χ2n) is 6.36. The minimum Gasteiger partial charge on any atom is -0.326 e.